The average Bonchev–Trinajstić information content (AvgIpc) is 2.42. The van der Waals surface area contributed by atoms with Crippen molar-refractivity contribution in [2.75, 3.05) is 7.11 Å². The quantitative estimate of drug-likeness (QED) is 0.756. The molecule has 1 heterocycles. The Labute approximate surface area is 104 Å². The fourth-order valence-corrected chi connectivity index (χ4v) is 1.53. The maximum Gasteiger partial charge on any atom is 0.267 e. The van der Waals surface area contributed by atoms with Gasteiger partial charge in [0, 0.05) is 11.6 Å². The van der Waals surface area contributed by atoms with E-state index in [1.165, 1.54) is 16.9 Å². The average molecular weight is 244 g/mol. The van der Waals surface area contributed by atoms with E-state index < -0.39 is 0 Å². The van der Waals surface area contributed by atoms with Crippen LogP contribution in [0.3, 0.4) is 0 Å². The predicted octanol–water partition coefficient (Wildman–Crippen LogP) is 1.11. The van der Waals surface area contributed by atoms with Gasteiger partial charge >= 0.3 is 0 Å². The lowest BCUT2D eigenvalue weighted by Crippen LogP contribution is -2.23. The van der Waals surface area contributed by atoms with Crippen LogP contribution in [0.2, 0.25) is 0 Å². The van der Waals surface area contributed by atoms with Crippen LogP contribution in [-0.2, 0) is 6.54 Å². The Kier molecular flexibility index (Phi) is 3.52. The van der Waals surface area contributed by atoms with E-state index in [0.717, 1.165) is 11.3 Å². The molecule has 5 heteroatoms. The number of carbonyl (C=O) groups excluding carboxylic acids is 1. The molecule has 1 aromatic heterocycles. The minimum absolute atomic E-state index is 0.283. The Morgan fingerprint density at radius 2 is 2.06 bits per heavy atom. The van der Waals surface area contributed by atoms with Gasteiger partial charge in [0.1, 0.15) is 5.75 Å². The first-order valence-corrected chi connectivity index (χ1v) is 5.38. The van der Waals surface area contributed by atoms with Gasteiger partial charge in [-0.3, -0.25) is 9.59 Å². The highest BCUT2D eigenvalue weighted by Crippen LogP contribution is 2.11. The number of methoxy groups -OCH3 is 1. The minimum atomic E-state index is -0.296. The van der Waals surface area contributed by atoms with E-state index >= 15 is 0 Å². The number of hydrogen-bond donors (Lipinski definition) is 0. The Balaban J connectivity index is 2.22. The summed E-state index contributed by atoms with van der Waals surface area (Å²) in [5.74, 6) is 0.760. The molecule has 5 nitrogen and oxygen atoms in total. The summed E-state index contributed by atoms with van der Waals surface area (Å²) in [5, 5.41) is 3.93. The molecule has 0 aliphatic rings. The second-order valence-electron chi connectivity index (χ2n) is 3.75. The van der Waals surface area contributed by atoms with Gasteiger partial charge in [-0.1, -0.05) is 12.1 Å². The zero-order valence-corrected chi connectivity index (χ0v) is 9.87. The van der Waals surface area contributed by atoms with Crippen LogP contribution in [0.5, 0.6) is 5.75 Å². The molecule has 0 saturated carbocycles. The molecule has 0 N–H and O–H groups in total. The second-order valence-corrected chi connectivity index (χ2v) is 3.75. The topological polar surface area (TPSA) is 61.2 Å². The van der Waals surface area contributed by atoms with E-state index in [4.69, 9.17) is 4.74 Å². The molecule has 2 rings (SSSR count). The normalized spacial score (nSPS) is 10.1. The van der Waals surface area contributed by atoms with Crippen molar-refractivity contribution in [2.24, 2.45) is 0 Å². The van der Waals surface area contributed by atoms with Gasteiger partial charge in [0.25, 0.3) is 5.56 Å². The van der Waals surface area contributed by atoms with Gasteiger partial charge in [-0.05, 0) is 17.7 Å². The number of aldehydes is 1. The van der Waals surface area contributed by atoms with Crippen LogP contribution < -0.4 is 10.3 Å². The maximum atomic E-state index is 11.6. The van der Waals surface area contributed by atoms with Crippen LogP contribution >= 0.6 is 0 Å². The smallest absolute Gasteiger partial charge is 0.267 e. The number of nitrogens with zero attached hydrogens (tertiary/aromatic N) is 2. The van der Waals surface area contributed by atoms with Crippen molar-refractivity contribution in [2.45, 2.75) is 6.54 Å². The molecule has 92 valence electrons. The van der Waals surface area contributed by atoms with E-state index in [2.05, 4.69) is 5.10 Å². The molecule has 0 atom stereocenters. The Bertz CT molecular complexity index is 602. The fourth-order valence-electron chi connectivity index (χ4n) is 1.53. The monoisotopic (exact) mass is 244 g/mol. The minimum Gasteiger partial charge on any atom is -0.497 e. The molecule has 0 unspecified atom stereocenters. The van der Waals surface area contributed by atoms with Gasteiger partial charge in [0.15, 0.2) is 6.29 Å². The summed E-state index contributed by atoms with van der Waals surface area (Å²) in [7, 11) is 1.60. The van der Waals surface area contributed by atoms with E-state index in [1.54, 1.807) is 7.11 Å². The molecular formula is C13H12N2O3. The van der Waals surface area contributed by atoms with Crippen molar-refractivity contribution < 1.29 is 9.53 Å². The van der Waals surface area contributed by atoms with Gasteiger partial charge in [-0.15, -0.1) is 0 Å². The molecule has 0 fully saturated rings. The molecule has 0 bridgehead atoms. The Morgan fingerprint density at radius 1 is 1.33 bits per heavy atom. The standard InChI is InChI=1S/C13H12N2O3/c1-18-12-4-2-10(3-5-12)8-15-13(17)6-11(9-16)7-14-15/h2-7,9H,8H2,1H3. The van der Waals surface area contributed by atoms with Crippen LogP contribution in [0.4, 0.5) is 0 Å². The third-order valence-corrected chi connectivity index (χ3v) is 2.52. The first-order chi connectivity index (χ1) is 8.72. The largest absolute Gasteiger partial charge is 0.497 e. The van der Waals surface area contributed by atoms with Gasteiger partial charge < -0.3 is 4.74 Å². The van der Waals surface area contributed by atoms with Crippen LogP contribution in [-0.4, -0.2) is 23.2 Å². The second kappa shape index (κ2) is 5.27. The van der Waals surface area contributed by atoms with Crippen molar-refractivity contribution in [1.29, 1.82) is 0 Å². The van der Waals surface area contributed by atoms with Crippen LogP contribution in [0.1, 0.15) is 15.9 Å². The van der Waals surface area contributed by atoms with Crippen molar-refractivity contribution in [3.05, 3.63) is 58.0 Å². The molecule has 1 aromatic carbocycles. The lowest BCUT2D eigenvalue weighted by molar-refractivity contribution is 0.112. The van der Waals surface area contributed by atoms with E-state index in [0.29, 0.717) is 12.8 Å². The summed E-state index contributed by atoms with van der Waals surface area (Å²) >= 11 is 0. The molecule has 0 spiro atoms. The summed E-state index contributed by atoms with van der Waals surface area (Å²) in [6, 6.07) is 8.63. The number of hydrogen-bond acceptors (Lipinski definition) is 4. The summed E-state index contributed by atoms with van der Waals surface area (Å²) in [6.07, 6.45) is 1.98. The number of aromatic nitrogens is 2. The molecule has 0 radical (unpaired) electrons. The fraction of sp³-hybridized carbons (Fsp3) is 0.154. The lowest BCUT2D eigenvalue weighted by atomic mass is 10.2. The number of carbonyl (C=O) groups is 1. The van der Waals surface area contributed by atoms with Crippen LogP contribution in [0.25, 0.3) is 0 Å². The predicted molar refractivity (Wildman–Crippen MR) is 66.0 cm³/mol. The van der Waals surface area contributed by atoms with E-state index in [9.17, 15) is 9.59 Å². The third kappa shape index (κ3) is 2.63. The molecule has 18 heavy (non-hydrogen) atoms. The van der Waals surface area contributed by atoms with Gasteiger partial charge in [-0.25, -0.2) is 4.68 Å². The third-order valence-electron chi connectivity index (χ3n) is 2.52. The first-order valence-electron chi connectivity index (χ1n) is 5.38. The zero-order chi connectivity index (χ0) is 13.0. The van der Waals surface area contributed by atoms with Crippen molar-refractivity contribution >= 4 is 6.29 Å². The molecule has 0 saturated heterocycles. The molecule has 2 aromatic rings. The molecule has 0 aliphatic carbocycles. The summed E-state index contributed by atoms with van der Waals surface area (Å²) in [5.41, 5.74) is 0.922. The summed E-state index contributed by atoms with van der Waals surface area (Å²) in [4.78, 5) is 22.1. The number of benzene rings is 1. The van der Waals surface area contributed by atoms with E-state index in [1.807, 2.05) is 24.3 Å². The van der Waals surface area contributed by atoms with Gasteiger partial charge in [0.2, 0.25) is 0 Å². The number of ether oxygens (including phenoxy) is 1. The highest BCUT2D eigenvalue weighted by atomic mass is 16.5. The van der Waals surface area contributed by atoms with Gasteiger partial charge in [-0.2, -0.15) is 5.10 Å². The highest BCUT2D eigenvalue weighted by molar-refractivity contribution is 5.73. The van der Waals surface area contributed by atoms with Crippen molar-refractivity contribution in [3.8, 4) is 5.75 Å². The van der Waals surface area contributed by atoms with Crippen LogP contribution in [0.15, 0.2) is 41.3 Å². The Hall–Kier alpha value is -2.43. The van der Waals surface area contributed by atoms with E-state index in [-0.39, 0.29) is 11.1 Å². The van der Waals surface area contributed by atoms with Gasteiger partial charge in [0.05, 0.1) is 19.9 Å². The van der Waals surface area contributed by atoms with Crippen LogP contribution in [0, 0.1) is 0 Å². The van der Waals surface area contributed by atoms with Crippen molar-refractivity contribution in [1.82, 2.24) is 9.78 Å². The SMILES string of the molecule is COc1ccc(Cn2ncc(C=O)cc2=O)cc1. The summed E-state index contributed by atoms with van der Waals surface area (Å²) in [6.45, 7) is 0.363. The molecule has 0 amide bonds. The zero-order valence-electron chi connectivity index (χ0n) is 9.87. The molecule has 0 aliphatic heterocycles. The molecular weight excluding hydrogens is 232 g/mol. The summed E-state index contributed by atoms with van der Waals surface area (Å²) < 4.78 is 6.35. The maximum absolute atomic E-state index is 11.6. The van der Waals surface area contributed by atoms with Crippen molar-refractivity contribution in [3.63, 3.8) is 0 Å². The first kappa shape index (κ1) is 12.0. The lowest BCUT2D eigenvalue weighted by Gasteiger charge is -2.05. The highest BCUT2D eigenvalue weighted by Gasteiger charge is 2.01. The Morgan fingerprint density at radius 3 is 2.61 bits per heavy atom. The number of rotatable bonds is 4.